The minimum Gasteiger partial charge on any atom is -0.756 e. The highest BCUT2D eigenvalue weighted by molar-refractivity contribution is 7.45. The summed E-state index contributed by atoms with van der Waals surface area (Å²) in [5.41, 5.74) is 0. The molecule has 0 aliphatic carbocycles. The largest absolute Gasteiger partial charge is 0.756 e. The van der Waals surface area contributed by atoms with Crippen molar-refractivity contribution >= 4 is 19.8 Å². The van der Waals surface area contributed by atoms with Crippen molar-refractivity contribution in [3.05, 3.63) is 0 Å². The molecular weight excluding hydrogens is 858 g/mol. The summed E-state index contributed by atoms with van der Waals surface area (Å²) >= 11 is 0. The van der Waals surface area contributed by atoms with Crippen molar-refractivity contribution < 1.29 is 42.1 Å². The minimum absolute atomic E-state index is 0.0255. The zero-order valence-corrected chi connectivity index (χ0v) is 46.3. The van der Waals surface area contributed by atoms with Crippen LogP contribution in [0.1, 0.15) is 303 Å². The normalized spacial score (nSPS) is 13.2. The van der Waals surface area contributed by atoms with Gasteiger partial charge in [-0.2, -0.15) is 0 Å². The fourth-order valence-electron chi connectivity index (χ4n) is 8.84. The van der Waals surface area contributed by atoms with Gasteiger partial charge in [0.15, 0.2) is 6.10 Å². The Morgan fingerprint density at radius 2 is 0.672 bits per heavy atom. The highest BCUT2D eigenvalue weighted by atomic mass is 31.2. The summed E-state index contributed by atoms with van der Waals surface area (Å²) in [7, 11) is 1.19. The quantitative estimate of drug-likeness (QED) is 0.0256. The van der Waals surface area contributed by atoms with Crippen molar-refractivity contribution in [1.82, 2.24) is 0 Å². The number of quaternary nitrogens is 1. The van der Waals surface area contributed by atoms with Gasteiger partial charge in [0.05, 0.1) is 27.7 Å². The number of phosphoric acid groups is 1. The van der Waals surface area contributed by atoms with Crippen LogP contribution in [0.25, 0.3) is 0 Å². The third-order valence-electron chi connectivity index (χ3n) is 13.4. The van der Waals surface area contributed by atoms with Crippen molar-refractivity contribution in [2.45, 2.75) is 309 Å². The average molecular weight is 973 g/mol. The minimum atomic E-state index is -4.62. The molecule has 0 amide bonds. The summed E-state index contributed by atoms with van der Waals surface area (Å²) < 4.78 is 34.0. The number of rotatable bonds is 55. The molecule has 0 aliphatic heterocycles. The van der Waals surface area contributed by atoms with E-state index in [0.717, 1.165) is 32.1 Å². The van der Waals surface area contributed by atoms with Crippen LogP contribution in [-0.2, 0) is 32.7 Å². The highest BCUT2D eigenvalue weighted by Gasteiger charge is 2.22. The third-order valence-corrected chi connectivity index (χ3v) is 14.3. The van der Waals surface area contributed by atoms with E-state index in [0.29, 0.717) is 17.4 Å². The molecule has 10 heteroatoms. The van der Waals surface area contributed by atoms with Gasteiger partial charge < -0.3 is 27.9 Å². The average Bonchev–Trinajstić information content (AvgIpc) is 3.29. The predicted molar refractivity (Wildman–Crippen MR) is 282 cm³/mol. The van der Waals surface area contributed by atoms with E-state index >= 15 is 0 Å². The summed E-state index contributed by atoms with van der Waals surface area (Å²) in [6.45, 7) is 4.27. The second-order valence-corrected chi connectivity index (χ2v) is 22.8. The Morgan fingerprint density at radius 1 is 0.403 bits per heavy atom. The molecule has 9 nitrogen and oxygen atoms in total. The van der Waals surface area contributed by atoms with Gasteiger partial charge in [-0.25, -0.2) is 0 Å². The Kier molecular flexibility index (Phi) is 49.2. The number of esters is 2. The van der Waals surface area contributed by atoms with E-state index in [1.54, 1.807) is 0 Å². The molecule has 0 rings (SSSR count). The second-order valence-electron chi connectivity index (χ2n) is 21.4. The van der Waals surface area contributed by atoms with Gasteiger partial charge in [0.1, 0.15) is 19.8 Å². The summed E-state index contributed by atoms with van der Waals surface area (Å²) in [6.07, 6.45) is 56.2. The number of likely N-dealkylation sites (N-methyl/N-ethyl adjacent to an activating group) is 1. The fraction of sp³-hybridized carbons (Fsp3) is 0.965. The number of carbonyl (C=O) groups excluding carboxylic acids is 2. The molecule has 400 valence electrons. The van der Waals surface area contributed by atoms with Crippen LogP contribution < -0.4 is 4.89 Å². The predicted octanol–water partition coefficient (Wildman–Crippen LogP) is 17.2. The van der Waals surface area contributed by atoms with Crippen LogP contribution in [0.2, 0.25) is 0 Å². The maximum atomic E-state index is 12.7. The lowest BCUT2D eigenvalue weighted by atomic mass is 10.0. The summed E-state index contributed by atoms with van der Waals surface area (Å²) in [4.78, 5) is 37.6. The van der Waals surface area contributed by atoms with Crippen molar-refractivity contribution in [3.63, 3.8) is 0 Å². The monoisotopic (exact) mass is 972 g/mol. The highest BCUT2D eigenvalue weighted by Crippen LogP contribution is 2.38. The Bertz CT molecular complexity index is 1100. The molecule has 0 bridgehead atoms. The lowest BCUT2D eigenvalue weighted by Crippen LogP contribution is -2.37. The second kappa shape index (κ2) is 50.0. The Labute approximate surface area is 416 Å². The van der Waals surface area contributed by atoms with Crippen molar-refractivity contribution in [2.24, 2.45) is 0 Å². The molecule has 0 saturated heterocycles. The Hall–Kier alpha value is -0.990. The summed E-state index contributed by atoms with van der Waals surface area (Å²) in [5.74, 6) is -0.816. The smallest absolute Gasteiger partial charge is 0.306 e. The number of ether oxygens (including phenoxy) is 2. The van der Waals surface area contributed by atoms with Gasteiger partial charge in [0, 0.05) is 12.8 Å². The van der Waals surface area contributed by atoms with E-state index in [2.05, 4.69) is 13.8 Å². The standard InChI is InChI=1S/C57H114NO8P/c1-6-8-10-12-14-16-18-19-20-21-22-23-24-25-26-27-28-29-30-31-32-33-34-35-36-37-38-39-40-42-44-46-48-50-57(60)66-55(54-65-67(61,62)64-52-51-58(3,4)5)53-63-56(59)49-47-45-43-41-17-15-13-11-9-7-2/h55H,6-54H2,1-5H3. The molecule has 0 aromatic rings. The molecule has 0 fully saturated rings. The maximum Gasteiger partial charge on any atom is 0.306 e. The first-order valence-corrected chi connectivity index (χ1v) is 30.7. The van der Waals surface area contributed by atoms with E-state index in [9.17, 15) is 19.0 Å². The van der Waals surface area contributed by atoms with Gasteiger partial charge in [-0.3, -0.25) is 14.2 Å². The molecule has 67 heavy (non-hydrogen) atoms. The zero-order chi connectivity index (χ0) is 49.2. The van der Waals surface area contributed by atoms with Crippen LogP contribution >= 0.6 is 7.82 Å². The van der Waals surface area contributed by atoms with E-state index in [1.165, 1.54) is 238 Å². The van der Waals surface area contributed by atoms with E-state index in [1.807, 2.05) is 21.1 Å². The molecule has 0 heterocycles. The number of hydrogen-bond donors (Lipinski definition) is 0. The van der Waals surface area contributed by atoms with Gasteiger partial charge in [0.25, 0.3) is 7.82 Å². The van der Waals surface area contributed by atoms with Crippen LogP contribution in [0, 0.1) is 0 Å². The third kappa shape index (κ3) is 54.2. The summed E-state index contributed by atoms with van der Waals surface area (Å²) in [6, 6.07) is 0. The van der Waals surface area contributed by atoms with E-state index in [-0.39, 0.29) is 32.0 Å². The fourth-order valence-corrected chi connectivity index (χ4v) is 9.57. The van der Waals surface area contributed by atoms with E-state index < -0.39 is 26.5 Å². The van der Waals surface area contributed by atoms with Gasteiger partial charge in [0.2, 0.25) is 0 Å². The molecule has 0 aromatic carbocycles. The van der Waals surface area contributed by atoms with Crippen LogP contribution in [-0.4, -0.2) is 70.0 Å². The maximum absolute atomic E-state index is 12.7. The number of carbonyl (C=O) groups is 2. The number of hydrogen-bond acceptors (Lipinski definition) is 8. The van der Waals surface area contributed by atoms with Crippen LogP contribution in [0.3, 0.4) is 0 Å². The first-order valence-electron chi connectivity index (χ1n) is 29.2. The molecule has 0 saturated carbocycles. The summed E-state index contributed by atoms with van der Waals surface area (Å²) in [5, 5.41) is 0. The molecule has 2 unspecified atom stereocenters. The van der Waals surface area contributed by atoms with Crippen molar-refractivity contribution in [3.8, 4) is 0 Å². The van der Waals surface area contributed by atoms with Crippen molar-refractivity contribution in [1.29, 1.82) is 0 Å². The molecule has 0 aromatic heterocycles. The molecule has 0 spiro atoms. The topological polar surface area (TPSA) is 111 Å². The lowest BCUT2D eigenvalue weighted by Gasteiger charge is -2.28. The SMILES string of the molecule is CCCCCCCCCCCCCCCCCCCCCCCCCCCCCCCCCCCC(=O)OC(COC(=O)CCCCCCCCCCCC)COP(=O)([O-])OCC[N+](C)(C)C. The molecule has 2 atom stereocenters. The van der Waals surface area contributed by atoms with Gasteiger partial charge in [-0.05, 0) is 12.8 Å². The van der Waals surface area contributed by atoms with Crippen LogP contribution in [0.4, 0.5) is 0 Å². The number of phosphoric ester groups is 1. The number of nitrogens with zero attached hydrogens (tertiary/aromatic N) is 1. The van der Waals surface area contributed by atoms with Gasteiger partial charge >= 0.3 is 11.9 Å². The first-order chi connectivity index (χ1) is 32.5. The molecular formula is C57H114NO8P. The molecule has 0 aliphatic rings. The van der Waals surface area contributed by atoms with Crippen LogP contribution in [0.15, 0.2) is 0 Å². The Morgan fingerprint density at radius 3 is 0.955 bits per heavy atom. The van der Waals surface area contributed by atoms with E-state index in [4.69, 9.17) is 18.5 Å². The van der Waals surface area contributed by atoms with Gasteiger partial charge in [-0.15, -0.1) is 0 Å². The number of unbranched alkanes of at least 4 members (excludes halogenated alkanes) is 41. The Balaban J connectivity index is 3.88. The van der Waals surface area contributed by atoms with Gasteiger partial charge in [-0.1, -0.05) is 277 Å². The molecule has 0 radical (unpaired) electrons. The first kappa shape index (κ1) is 66.0. The zero-order valence-electron chi connectivity index (χ0n) is 45.4. The van der Waals surface area contributed by atoms with Crippen molar-refractivity contribution in [2.75, 3.05) is 47.5 Å². The lowest BCUT2D eigenvalue weighted by molar-refractivity contribution is -0.870. The van der Waals surface area contributed by atoms with Crippen LogP contribution in [0.5, 0.6) is 0 Å². The molecule has 0 N–H and O–H groups in total.